The first-order chi connectivity index (χ1) is 9.17. The number of aromatic nitrogens is 1. The lowest BCUT2D eigenvalue weighted by molar-refractivity contribution is -0.119. The number of pyridine rings is 1. The molecule has 1 amide bonds. The molecule has 0 aromatic carbocycles. The number of nitrogens with zero attached hydrogens (tertiary/aromatic N) is 2. The van der Waals surface area contributed by atoms with Crippen molar-refractivity contribution in [2.45, 2.75) is 24.2 Å². The molecule has 2 heterocycles. The number of piperidine rings is 1. The second-order valence-electron chi connectivity index (χ2n) is 4.67. The van der Waals surface area contributed by atoms with E-state index in [4.69, 9.17) is 10.5 Å². The topological polar surface area (TPSA) is 68.5 Å². The van der Waals surface area contributed by atoms with Crippen molar-refractivity contribution >= 4 is 17.9 Å². The Hall–Kier alpha value is -1.27. The molecule has 0 aliphatic carbocycles. The largest absolute Gasteiger partial charge is 0.481 e. The Morgan fingerprint density at radius 3 is 2.79 bits per heavy atom. The summed E-state index contributed by atoms with van der Waals surface area (Å²) in [5, 5.41) is 0. The quantitative estimate of drug-likeness (QED) is 0.832. The van der Waals surface area contributed by atoms with Gasteiger partial charge in [0.1, 0.15) is 0 Å². The third-order valence-electron chi connectivity index (χ3n) is 3.22. The maximum absolute atomic E-state index is 10.9. The van der Waals surface area contributed by atoms with Crippen LogP contribution < -0.4 is 10.5 Å². The van der Waals surface area contributed by atoms with E-state index < -0.39 is 0 Å². The summed E-state index contributed by atoms with van der Waals surface area (Å²) in [5.74, 6) is 0.887. The maximum atomic E-state index is 10.9. The van der Waals surface area contributed by atoms with Gasteiger partial charge in [-0.05, 0) is 36.8 Å². The van der Waals surface area contributed by atoms with Gasteiger partial charge in [-0.25, -0.2) is 9.29 Å². The number of carbonyl (C=O) groups is 1. The van der Waals surface area contributed by atoms with Crippen molar-refractivity contribution in [2.24, 2.45) is 11.7 Å². The fraction of sp³-hybridized carbons (Fsp3) is 0.538. The highest BCUT2D eigenvalue weighted by Crippen LogP contribution is 2.29. The lowest BCUT2D eigenvalue weighted by Crippen LogP contribution is -2.30. The van der Waals surface area contributed by atoms with Gasteiger partial charge in [0.25, 0.3) is 0 Å². The van der Waals surface area contributed by atoms with Gasteiger partial charge in [0.05, 0.1) is 7.11 Å². The van der Waals surface area contributed by atoms with Gasteiger partial charge in [0.2, 0.25) is 11.8 Å². The van der Waals surface area contributed by atoms with Gasteiger partial charge >= 0.3 is 0 Å². The van der Waals surface area contributed by atoms with Crippen molar-refractivity contribution in [3.05, 3.63) is 18.3 Å². The number of rotatable bonds is 5. The zero-order chi connectivity index (χ0) is 13.7. The van der Waals surface area contributed by atoms with E-state index in [9.17, 15) is 4.79 Å². The van der Waals surface area contributed by atoms with E-state index in [2.05, 4.69) is 9.29 Å². The molecule has 0 radical (unpaired) electrons. The SMILES string of the molecule is COc1ccc(SN2CCC(CC(N)=O)CC2)cn1. The first-order valence-electron chi connectivity index (χ1n) is 6.38. The van der Waals surface area contributed by atoms with Crippen molar-refractivity contribution in [2.75, 3.05) is 20.2 Å². The number of hydrogen-bond acceptors (Lipinski definition) is 5. The van der Waals surface area contributed by atoms with E-state index in [0.29, 0.717) is 18.2 Å². The maximum Gasteiger partial charge on any atom is 0.217 e. The van der Waals surface area contributed by atoms with E-state index >= 15 is 0 Å². The standard InChI is InChI=1S/C13H19N3O2S/c1-18-13-3-2-11(9-15-13)19-16-6-4-10(5-7-16)8-12(14)17/h2-3,9-10H,4-8H2,1H3,(H2,14,17). The molecular weight excluding hydrogens is 262 g/mol. The predicted molar refractivity (Wildman–Crippen MR) is 74.8 cm³/mol. The van der Waals surface area contributed by atoms with Gasteiger partial charge in [-0.15, -0.1) is 0 Å². The van der Waals surface area contributed by atoms with Crippen LogP contribution >= 0.6 is 11.9 Å². The van der Waals surface area contributed by atoms with E-state index in [-0.39, 0.29) is 5.91 Å². The molecule has 2 N–H and O–H groups in total. The summed E-state index contributed by atoms with van der Waals surface area (Å²) in [6.45, 7) is 1.96. The van der Waals surface area contributed by atoms with Crippen LogP contribution in [0.5, 0.6) is 5.88 Å². The van der Waals surface area contributed by atoms with E-state index in [1.165, 1.54) is 0 Å². The zero-order valence-electron chi connectivity index (χ0n) is 11.0. The minimum Gasteiger partial charge on any atom is -0.481 e. The van der Waals surface area contributed by atoms with Gasteiger partial charge in [0, 0.05) is 36.7 Å². The van der Waals surface area contributed by atoms with E-state index in [0.717, 1.165) is 30.8 Å². The second-order valence-corrected chi connectivity index (χ2v) is 5.84. The highest BCUT2D eigenvalue weighted by molar-refractivity contribution is 7.97. The first-order valence-corrected chi connectivity index (χ1v) is 7.16. The number of methoxy groups -OCH3 is 1. The molecule has 5 nitrogen and oxygen atoms in total. The predicted octanol–water partition coefficient (Wildman–Crippen LogP) is 1.68. The van der Waals surface area contributed by atoms with Crippen LogP contribution in [0.25, 0.3) is 0 Å². The lowest BCUT2D eigenvalue weighted by atomic mass is 9.94. The van der Waals surface area contributed by atoms with Crippen LogP contribution in [0, 0.1) is 5.92 Å². The smallest absolute Gasteiger partial charge is 0.217 e. The third-order valence-corrected chi connectivity index (χ3v) is 4.29. The van der Waals surface area contributed by atoms with Crippen LogP contribution in [0.1, 0.15) is 19.3 Å². The highest BCUT2D eigenvalue weighted by atomic mass is 32.2. The zero-order valence-corrected chi connectivity index (χ0v) is 11.9. The molecule has 0 spiro atoms. The summed E-state index contributed by atoms with van der Waals surface area (Å²) in [7, 11) is 1.61. The Balaban J connectivity index is 1.80. The Morgan fingerprint density at radius 1 is 1.53 bits per heavy atom. The summed E-state index contributed by atoms with van der Waals surface area (Å²) in [4.78, 5) is 16.2. The molecular formula is C13H19N3O2S. The number of primary amides is 1. The molecule has 0 unspecified atom stereocenters. The van der Waals surface area contributed by atoms with Crippen molar-refractivity contribution in [3.63, 3.8) is 0 Å². The van der Waals surface area contributed by atoms with Gasteiger partial charge in [-0.2, -0.15) is 0 Å². The highest BCUT2D eigenvalue weighted by Gasteiger charge is 2.21. The Bertz CT molecular complexity index is 416. The van der Waals surface area contributed by atoms with E-state index in [1.807, 2.05) is 18.3 Å². The lowest BCUT2D eigenvalue weighted by Gasteiger charge is -2.30. The Kier molecular flexibility index (Phi) is 5.04. The molecule has 19 heavy (non-hydrogen) atoms. The number of nitrogens with two attached hydrogens (primary N) is 1. The minimum atomic E-state index is -0.189. The van der Waals surface area contributed by atoms with E-state index in [1.54, 1.807) is 19.1 Å². The summed E-state index contributed by atoms with van der Waals surface area (Å²) in [6, 6.07) is 3.87. The fourth-order valence-corrected chi connectivity index (χ4v) is 3.10. The van der Waals surface area contributed by atoms with Crippen LogP contribution in [0.2, 0.25) is 0 Å². The van der Waals surface area contributed by atoms with Gasteiger partial charge in [-0.3, -0.25) is 4.79 Å². The number of amides is 1. The van der Waals surface area contributed by atoms with Crippen molar-refractivity contribution < 1.29 is 9.53 Å². The minimum absolute atomic E-state index is 0.189. The van der Waals surface area contributed by atoms with Gasteiger partial charge in [-0.1, -0.05) is 0 Å². The van der Waals surface area contributed by atoms with Crippen LogP contribution in [-0.4, -0.2) is 35.4 Å². The average Bonchev–Trinajstić information content (AvgIpc) is 2.41. The van der Waals surface area contributed by atoms with Gasteiger partial charge in [0.15, 0.2) is 0 Å². The van der Waals surface area contributed by atoms with Crippen LogP contribution in [0.4, 0.5) is 0 Å². The molecule has 1 aromatic heterocycles. The van der Waals surface area contributed by atoms with Crippen LogP contribution in [-0.2, 0) is 4.79 Å². The second kappa shape index (κ2) is 6.77. The summed E-state index contributed by atoms with van der Waals surface area (Å²) < 4.78 is 7.34. The van der Waals surface area contributed by atoms with Gasteiger partial charge < -0.3 is 10.5 Å². The molecule has 0 bridgehead atoms. The number of ether oxygens (including phenoxy) is 1. The molecule has 1 aliphatic rings. The fourth-order valence-electron chi connectivity index (χ4n) is 2.18. The van der Waals surface area contributed by atoms with Crippen molar-refractivity contribution in [3.8, 4) is 5.88 Å². The molecule has 1 saturated heterocycles. The number of carbonyl (C=O) groups excluding carboxylic acids is 1. The normalized spacial score (nSPS) is 17.3. The summed E-state index contributed by atoms with van der Waals surface area (Å²) in [5.41, 5.74) is 5.23. The molecule has 2 rings (SSSR count). The molecule has 1 aromatic rings. The molecule has 1 fully saturated rings. The van der Waals surface area contributed by atoms with Crippen molar-refractivity contribution in [1.29, 1.82) is 0 Å². The summed E-state index contributed by atoms with van der Waals surface area (Å²) >= 11 is 1.70. The number of hydrogen-bond donors (Lipinski definition) is 1. The first kappa shape index (κ1) is 14.1. The Labute approximate surface area is 117 Å². The molecule has 0 saturated carbocycles. The molecule has 104 valence electrons. The summed E-state index contributed by atoms with van der Waals surface area (Å²) in [6.07, 6.45) is 4.39. The third kappa shape index (κ3) is 4.40. The monoisotopic (exact) mass is 281 g/mol. The molecule has 6 heteroatoms. The Morgan fingerprint density at radius 2 is 2.26 bits per heavy atom. The molecule has 1 aliphatic heterocycles. The van der Waals surface area contributed by atoms with Crippen molar-refractivity contribution in [1.82, 2.24) is 9.29 Å². The van der Waals surface area contributed by atoms with Crippen LogP contribution in [0.15, 0.2) is 23.2 Å². The van der Waals surface area contributed by atoms with Crippen LogP contribution in [0.3, 0.4) is 0 Å². The average molecular weight is 281 g/mol. The molecule has 0 atom stereocenters.